The average molecular weight is 278 g/mol. The first kappa shape index (κ1) is 13.0. The van der Waals surface area contributed by atoms with E-state index in [9.17, 15) is 0 Å². The number of benzene rings is 2. The van der Waals surface area contributed by atoms with Gasteiger partial charge in [-0.1, -0.05) is 53.1 Å². The molecule has 0 aliphatic carbocycles. The van der Waals surface area contributed by atoms with Crippen molar-refractivity contribution in [2.45, 2.75) is 6.92 Å². The van der Waals surface area contributed by atoms with Crippen molar-refractivity contribution >= 4 is 12.2 Å². The molecule has 1 aromatic heterocycles. The normalized spacial score (nSPS) is 10.9. The second-order valence-electron chi connectivity index (χ2n) is 4.53. The molecule has 0 amide bonds. The summed E-state index contributed by atoms with van der Waals surface area (Å²) in [7, 11) is 0. The van der Waals surface area contributed by atoms with Crippen molar-refractivity contribution in [2.75, 3.05) is 5.43 Å². The molecule has 0 spiro atoms. The number of rotatable bonds is 4. The Kier molecular flexibility index (Phi) is 3.68. The summed E-state index contributed by atoms with van der Waals surface area (Å²) in [4.78, 5) is 0. The number of nitrogens with one attached hydrogen (secondary N) is 1. The summed E-state index contributed by atoms with van der Waals surface area (Å²) in [6, 6.07) is 17.7. The number of aromatic nitrogens is 4. The van der Waals surface area contributed by atoms with Gasteiger partial charge in [0, 0.05) is 0 Å². The smallest absolute Gasteiger partial charge is 0.244 e. The van der Waals surface area contributed by atoms with Crippen LogP contribution in [0.5, 0.6) is 0 Å². The van der Waals surface area contributed by atoms with Crippen LogP contribution in [0.1, 0.15) is 11.1 Å². The molecule has 0 unspecified atom stereocenters. The van der Waals surface area contributed by atoms with Gasteiger partial charge in [-0.05, 0) is 35.0 Å². The third kappa shape index (κ3) is 3.11. The summed E-state index contributed by atoms with van der Waals surface area (Å²) in [5, 5.41) is 15.7. The van der Waals surface area contributed by atoms with Gasteiger partial charge in [0.05, 0.1) is 11.9 Å². The van der Waals surface area contributed by atoms with Gasteiger partial charge in [0.25, 0.3) is 5.95 Å². The molecule has 0 aliphatic rings. The molecular formula is C15H14N6. The molecule has 0 radical (unpaired) electrons. The van der Waals surface area contributed by atoms with Crippen molar-refractivity contribution in [3.05, 3.63) is 65.7 Å². The minimum atomic E-state index is 0.463. The lowest BCUT2D eigenvalue weighted by Crippen LogP contribution is -2.03. The van der Waals surface area contributed by atoms with Crippen LogP contribution < -0.4 is 5.43 Å². The third-order valence-electron chi connectivity index (χ3n) is 2.93. The fraction of sp³-hybridized carbons (Fsp3) is 0.0667. The quantitative estimate of drug-likeness (QED) is 0.588. The van der Waals surface area contributed by atoms with E-state index in [4.69, 9.17) is 0 Å². The van der Waals surface area contributed by atoms with E-state index in [2.05, 4.69) is 26.1 Å². The summed E-state index contributed by atoms with van der Waals surface area (Å²) < 4.78 is 1.59. The maximum Gasteiger partial charge on any atom is 0.268 e. The molecule has 6 nitrogen and oxygen atoms in total. The van der Waals surface area contributed by atoms with Gasteiger partial charge in [-0.3, -0.25) is 0 Å². The zero-order valence-corrected chi connectivity index (χ0v) is 11.5. The summed E-state index contributed by atoms with van der Waals surface area (Å²) in [5.74, 6) is 0.463. The SMILES string of the molecule is Cc1ccc(/C=N/Nc2nnnn2-c2ccccc2)cc1. The van der Waals surface area contributed by atoms with Crippen LogP contribution in [0.4, 0.5) is 5.95 Å². The fourth-order valence-electron chi connectivity index (χ4n) is 1.82. The molecule has 0 saturated carbocycles. The first-order valence-corrected chi connectivity index (χ1v) is 6.52. The van der Waals surface area contributed by atoms with Gasteiger partial charge in [-0.2, -0.15) is 9.78 Å². The molecule has 0 bridgehead atoms. The van der Waals surface area contributed by atoms with E-state index in [-0.39, 0.29) is 0 Å². The minimum absolute atomic E-state index is 0.463. The molecule has 1 N–H and O–H groups in total. The van der Waals surface area contributed by atoms with Gasteiger partial charge < -0.3 is 0 Å². The largest absolute Gasteiger partial charge is 0.268 e. The predicted octanol–water partition coefficient (Wildman–Crippen LogP) is 2.42. The lowest BCUT2D eigenvalue weighted by Gasteiger charge is -2.02. The Labute approximate surface area is 122 Å². The van der Waals surface area contributed by atoms with Gasteiger partial charge in [-0.15, -0.1) is 0 Å². The highest BCUT2D eigenvalue weighted by molar-refractivity contribution is 5.80. The van der Waals surface area contributed by atoms with Crippen molar-refractivity contribution in [3.8, 4) is 5.69 Å². The molecule has 0 atom stereocenters. The topological polar surface area (TPSA) is 68.0 Å². The molecule has 3 aromatic rings. The first-order valence-electron chi connectivity index (χ1n) is 6.52. The van der Waals surface area contributed by atoms with Crippen LogP contribution >= 0.6 is 0 Å². The molecule has 1 heterocycles. The number of hydrazone groups is 1. The van der Waals surface area contributed by atoms with Crippen LogP contribution in [0.3, 0.4) is 0 Å². The zero-order chi connectivity index (χ0) is 14.5. The Morgan fingerprint density at radius 3 is 2.57 bits per heavy atom. The van der Waals surface area contributed by atoms with E-state index in [0.717, 1.165) is 11.3 Å². The zero-order valence-electron chi connectivity index (χ0n) is 11.5. The predicted molar refractivity (Wildman–Crippen MR) is 81.5 cm³/mol. The third-order valence-corrected chi connectivity index (χ3v) is 2.93. The van der Waals surface area contributed by atoms with E-state index < -0.39 is 0 Å². The van der Waals surface area contributed by atoms with E-state index in [1.54, 1.807) is 10.9 Å². The van der Waals surface area contributed by atoms with E-state index in [1.807, 2.05) is 61.5 Å². The van der Waals surface area contributed by atoms with Crippen molar-refractivity contribution < 1.29 is 0 Å². The Morgan fingerprint density at radius 2 is 1.81 bits per heavy atom. The molecule has 104 valence electrons. The molecule has 2 aromatic carbocycles. The molecule has 21 heavy (non-hydrogen) atoms. The second-order valence-corrected chi connectivity index (χ2v) is 4.53. The van der Waals surface area contributed by atoms with Gasteiger partial charge >= 0.3 is 0 Å². The molecule has 3 rings (SSSR count). The van der Waals surface area contributed by atoms with Crippen molar-refractivity contribution in [1.29, 1.82) is 0 Å². The first-order chi connectivity index (χ1) is 10.3. The van der Waals surface area contributed by atoms with Crippen LogP contribution in [-0.2, 0) is 0 Å². The molecule has 0 fully saturated rings. The number of nitrogens with zero attached hydrogens (tertiary/aromatic N) is 5. The Hall–Kier alpha value is -3.02. The maximum atomic E-state index is 4.16. The van der Waals surface area contributed by atoms with Crippen LogP contribution in [0.2, 0.25) is 0 Å². The van der Waals surface area contributed by atoms with Gasteiger partial charge in [0.15, 0.2) is 0 Å². The highest BCUT2D eigenvalue weighted by Crippen LogP contribution is 2.10. The van der Waals surface area contributed by atoms with Crippen molar-refractivity contribution in [3.63, 3.8) is 0 Å². The Balaban J connectivity index is 1.75. The number of anilines is 1. The molecular weight excluding hydrogens is 264 g/mol. The van der Waals surface area contributed by atoms with Gasteiger partial charge in [0.2, 0.25) is 0 Å². The molecule has 0 saturated heterocycles. The number of hydrogen-bond acceptors (Lipinski definition) is 5. The van der Waals surface area contributed by atoms with Crippen molar-refractivity contribution in [1.82, 2.24) is 20.2 Å². The number of aryl methyl sites for hydroxylation is 1. The number of tetrazole rings is 1. The Bertz CT molecular complexity index is 730. The molecule has 0 aliphatic heterocycles. The summed E-state index contributed by atoms with van der Waals surface area (Å²) in [6.45, 7) is 2.05. The molecule has 6 heteroatoms. The lowest BCUT2D eigenvalue weighted by atomic mass is 10.2. The minimum Gasteiger partial charge on any atom is -0.244 e. The van der Waals surface area contributed by atoms with Crippen LogP contribution in [0, 0.1) is 6.92 Å². The highest BCUT2D eigenvalue weighted by atomic mass is 15.6. The van der Waals surface area contributed by atoms with Crippen LogP contribution in [0.25, 0.3) is 5.69 Å². The van der Waals surface area contributed by atoms with Crippen LogP contribution in [0.15, 0.2) is 59.7 Å². The van der Waals surface area contributed by atoms with Crippen LogP contribution in [-0.4, -0.2) is 26.4 Å². The number of para-hydroxylation sites is 1. The maximum absolute atomic E-state index is 4.16. The van der Waals surface area contributed by atoms with Gasteiger partial charge in [-0.25, -0.2) is 5.43 Å². The average Bonchev–Trinajstić information content (AvgIpc) is 2.99. The number of hydrogen-bond donors (Lipinski definition) is 1. The van der Waals surface area contributed by atoms with E-state index in [0.29, 0.717) is 5.95 Å². The highest BCUT2D eigenvalue weighted by Gasteiger charge is 2.05. The second kappa shape index (κ2) is 5.96. The van der Waals surface area contributed by atoms with Crippen molar-refractivity contribution in [2.24, 2.45) is 5.10 Å². The van der Waals surface area contributed by atoms with Gasteiger partial charge in [0.1, 0.15) is 0 Å². The fourth-order valence-corrected chi connectivity index (χ4v) is 1.82. The summed E-state index contributed by atoms with van der Waals surface area (Å²) in [5.41, 5.74) is 5.94. The Morgan fingerprint density at radius 1 is 1.05 bits per heavy atom. The summed E-state index contributed by atoms with van der Waals surface area (Å²) in [6.07, 6.45) is 1.73. The van der Waals surface area contributed by atoms with E-state index >= 15 is 0 Å². The summed E-state index contributed by atoms with van der Waals surface area (Å²) >= 11 is 0. The monoisotopic (exact) mass is 278 g/mol. The standard InChI is InChI=1S/C15H14N6/c1-12-7-9-13(10-8-12)11-16-17-15-18-19-20-21(15)14-5-3-2-4-6-14/h2-11H,1H3,(H,17,18,20)/b16-11+. The van der Waals surface area contributed by atoms with E-state index in [1.165, 1.54) is 5.56 Å². The lowest BCUT2D eigenvalue weighted by molar-refractivity contribution is 0.790.